The number of aryl methyl sites for hydroxylation is 1. The van der Waals surface area contributed by atoms with Crippen molar-refractivity contribution in [1.82, 2.24) is 15.1 Å². The van der Waals surface area contributed by atoms with Gasteiger partial charge in [-0.05, 0) is 26.8 Å². The number of aromatic nitrogens is 2. The molecule has 1 aliphatic heterocycles. The van der Waals surface area contributed by atoms with Gasteiger partial charge in [0.2, 0.25) is 0 Å². The lowest BCUT2D eigenvalue weighted by Crippen LogP contribution is -2.37. The zero-order chi connectivity index (χ0) is 15.1. The second-order valence-corrected chi connectivity index (χ2v) is 5.03. The quantitative estimate of drug-likeness (QED) is 0.578. The van der Waals surface area contributed by atoms with Crippen LogP contribution in [0.3, 0.4) is 0 Å². The molecule has 0 aliphatic carbocycles. The van der Waals surface area contributed by atoms with Gasteiger partial charge in [-0.15, -0.1) is 0 Å². The second-order valence-electron chi connectivity index (χ2n) is 5.03. The molecule has 2 heterocycles. The lowest BCUT2D eigenvalue weighted by Gasteiger charge is -2.26. The van der Waals surface area contributed by atoms with Crippen molar-refractivity contribution in [3.05, 3.63) is 11.3 Å². The Morgan fingerprint density at radius 3 is 2.95 bits per heavy atom. The Morgan fingerprint density at radius 1 is 1.48 bits per heavy atom. The molecule has 118 valence electrons. The smallest absolute Gasteiger partial charge is 0.343 e. The van der Waals surface area contributed by atoms with Gasteiger partial charge in [-0.1, -0.05) is 0 Å². The van der Waals surface area contributed by atoms with Gasteiger partial charge in [0.15, 0.2) is 5.82 Å². The summed E-state index contributed by atoms with van der Waals surface area (Å²) in [7, 11) is 0. The van der Waals surface area contributed by atoms with E-state index in [0.717, 1.165) is 51.5 Å². The maximum absolute atomic E-state index is 11.9. The van der Waals surface area contributed by atoms with E-state index in [-0.39, 0.29) is 5.97 Å². The Labute approximate surface area is 125 Å². The highest BCUT2D eigenvalue weighted by atomic mass is 16.5. The predicted octanol–water partition coefficient (Wildman–Crippen LogP) is 1.03. The van der Waals surface area contributed by atoms with Crippen molar-refractivity contribution >= 4 is 11.8 Å². The number of carbonyl (C=O) groups excluding carboxylic acids is 1. The van der Waals surface area contributed by atoms with E-state index in [9.17, 15) is 4.79 Å². The molecule has 0 radical (unpaired) electrons. The molecule has 1 aliphatic rings. The van der Waals surface area contributed by atoms with Crippen LogP contribution in [-0.2, 0) is 9.47 Å². The lowest BCUT2D eigenvalue weighted by atomic mass is 10.2. The first-order valence-corrected chi connectivity index (χ1v) is 7.48. The molecule has 1 fully saturated rings. The number of carbonyl (C=O) groups is 1. The van der Waals surface area contributed by atoms with Crippen molar-refractivity contribution in [2.45, 2.75) is 20.3 Å². The third-order valence-corrected chi connectivity index (χ3v) is 3.47. The number of nitrogens with one attached hydrogen (secondary N) is 2. The number of rotatable bonds is 7. The second kappa shape index (κ2) is 7.99. The molecule has 1 aromatic heterocycles. The number of ether oxygens (including phenoxy) is 2. The third kappa shape index (κ3) is 4.44. The minimum atomic E-state index is -0.334. The summed E-state index contributed by atoms with van der Waals surface area (Å²) < 4.78 is 10.4. The van der Waals surface area contributed by atoms with Gasteiger partial charge in [0.1, 0.15) is 5.56 Å². The minimum Gasteiger partial charge on any atom is -0.462 e. The Bertz CT molecular complexity index is 455. The number of H-pyrrole nitrogens is 1. The van der Waals surface area contributed by atoms with Crippen molar-refractivity contribution in [2.75, 3.05) is 51.3 Å². The molecule has 2 N–H and O–H groups in total. The zero-order valence-corrected chi connectivity index (χ0v) is 12.8. The van der Waals surface area contributed by atoms with E-state index in [0.29, 0.717) is 18.0 Å². The number of anilines is 1. The molecule has 1 saturated heterocycles. The highest BCUT2D eigenvalue weighted by molar-refractivity contribution is 5.95. The summed E-state index contributed by atoms with van der Waals surface area (Å²) in [6.07, 6.45) is 0.994. The van der Waals surface area contributed by atoms with E-state index in [1.165, 1.54) is 0 Å². The van der Waals surface area contributed by atoms with E-state index in [4.69, 9.17) is 9.47 Å². The summed E-state index contributed by atoms with van der Waals surface area (Å²) >= 11 is 0. The Morgan fingerprint density at radius 2 is 2.24 bits per heavy atom. The summed E-state index contributed by atoms with van der Waals surface area (Å²) in [6.45, 7) is 9.40. The molecule has 0 saturated carbocycles. The molecule has 0 spiro atoms. The van der Waals surface area contributed by atoms with E-state index in [1.807, 2.05) is 6.92 Å². The molecule has 1 aromatic rings. The average Bonchev–Trinajstić information content (AvgIpc) is 2.86. The molecule has 0 bridgehead atoms. The summed E-state index contributed by atoms with van der Waals surface area (Å²) in [6, 6.07) is 0. The minimum absolute atomic E-state index is 0.334. The summed E-state index contributed by atoms with van der Waals surface area (Å²) in [5, 5.41) is 10.2. The fraction of sp³-hybridized carbons (Fsp3) is 0.714. The predicted molar refractivity (Wildman–Crippen MR) is 79.6 cm³/mol. The van der Waals surface area contributed by atoms with Crippen LogP contribution in [0.4, 0.5) is 5.82 Å². The van der Waals surface area contributed by atoms with Gasteiger partial charge in [0.05, 0.1) is 19.8 Å². The van der Waals surface area contributed by atoms with Gasteiger partial charge in [-0.25, -0.2) is 4.79 Å². The molecule has 2 rings (SSSR count). The van der Waals surface area contributed by atoms with Crippen molar-refractivity contribution in [3.63, 3.8) is 0 Å². The maximum atomic E-state index is 11.9. The SMILES string of the molecule is CCOC(=O)c1c(NCCCN2CCOCC2)n[nH]c1C. The Balaban J connectivity index is 1.78. The van der Waals surface area contributed by atoms with E-state index in [1.54, 1.807) is 6.92 Å². The van der Waals surface area contributed by atoms with Gasteiger partial charge in [-0.2, -0.15) is 5.10 Å². The fourth-order valence-electron chi connectivity index (χ4n) is 2.34. The Hall–Kier alpha value is -1.60. The van der Waals surface area contributed by atoms with Crippen molar-refractivity contribution in [2.24, 2.45) is 0 Å². The van der Waals surface area contributed by atoms with Crippen LogP contribution in [0.15, 0.2) is 0 Å². The fourth-order valence-corrected chi connectivity index (χ4v) is 2.34. The standard InChI is InChI=1S/C14H24N4O3/c1-3-21-14(19)12-11(2)16-17-13(12)15-5-4-6-18-7-9-20-10-8-18/h3-10H2,1-2H3,(H2,15,16,17). The normalized spacial score (nSPS) is 15.9. The molecule has 0 amide bonds. The van der Waals surface area contributed by atoms with Crippen LogP contribution >= 0.6 is 0 Å². The molecule has 0 atom stereocenters. The van der Waals surface area contributed by atoms with Crippen LogP contribution in [0.1, 0.15) is 29.4 Å². The number of nitrogens with zero attached hydrogens (tertiary/aromatic N) is 2. The van der Waals surface area contributed by atoms with Gasteiger partial charge in [-0.3, -0.25) is 10.00 Å². The highest BCUT2D eigenvalue weighted by Gasteiger charge is 2.19. The summed E-state index contributed by atoms with van der Waals surface area (Å²) in [5.74, 6) is 0.243. The largest absolute Gasteiger partial charge is 0.462 e. The van der Waals surface area contributed by atoms with Crippen LogP contribution in [0.25, 0.3) is 0 Å². The van der Waals surface area contributed by atoms with Crippen molar-refractivity contribution in [1.29, 1.82) is 0 Å². The van der Waals surface area contributed by atoms with Crippen LogP contribution in [0.2, 0.25) is 0 Å². The number of aromatic amines is 1. The average molecular weight is 296 g/mol. The summed E-state index contributed by atoms with van der Waals surface area (Å²) in [4.78, 5) is 14.3. The van der Waals surface area contributed by atoms with Gasteiger partial charge in [0, 0.05) is 25.3 Å². The highest BCUT2D eigenvalue weighted by Crippen LogP contribution is 2.17. The molecule has 0 unspecified atom stereocenters. The first-order chi connectivity index (χ1) is 10.2. The van der Waals surface area contributed by atoms with Crippen molar-refractivity contribution in [3.8, 4) is 0 Å². The van der Waals surface area contributed by atoms with E-state index < -0.39 is 0 Å². The molecule has 0 aromatic carbocycles. The first-order valence-electron chi connectivity index (χ1n) is 7.48. The van der Waals surface area contributed by atoms with Crippen LogP contribution in [-0.4, -0.2) is 67.1 Å². The van der Waals surface area contributed by atoms with Crippen LogP contribution in [0.5, 0.6) is 0 Å². The van der Waals surface area contributed by atoms with E-state index >= 15 is 0 Å². The van der Waals surface area contributed by atoms with Gasteiger partial charge < -0.3 is 14.8 Å². The van der Waals surface area contributed by atoms with Crippen molar-refractivity contribution < 1.29 is 14.3 Å². The molecule has 21 heavy (non-hydrogen) atoms. The van der Waals surface area contributed by atoms with Crippen LogP contribution < -0.4 is 5.32 Å². The molecule has 7 nitrogen and oxygen atoms in total. The van der Waals surface area contributed by atoms with E-state index in [2.05, 4.69) is 20.4 Å². The number of esters is 1. The third-order valence-electron chi connectivity index (χ3n) is 3.47. The maximum Gasteiger partial charge on any atom is 0.343 e. The van der Waals surface area contributed by atoms with Crippen LogP contribution in [0, 0.1) is 6.92 Å². The lowest BCUT2D eigenvalue weighted by molar-refractivity contribution is 0.0378. The Kier molecular flexibility index (Phi) is 6.01. The molecular weight excluding hydrogens is 272 g/mol. The summed E-state index contributed by atoms with van der Waals surface area (Å²) in [5.41, 5.74) is 1.23. The molecule has 7 heteroatoms. The zero-order valence-electron chi connectivity index (χ0n) is 12.8. The number of hydrogen-bond acceptors (Lipinski definition) is 6. The topological polar surface area (TPSA) is 79.5 Å². The van der Waals surface area contributed by atoms with Gasteiger partial charge in [0.25, 0.3) is 0 Å². The number of morpholine rings is 1. The monoisotopic (exact) mass is 296 g/mol. The first kappa shape index (κ1) is 15.8. The number of hydrogen-bond donors (Lipinski definition) is 2. The molecular formula is C14H24N4O3. The van der Waals surface area contributed by atoms with Gasteiger partial charge >= 0.3 is 5.97 Å².